The van der Waals surface area contributed by atoms with Crippen LogP contribution in [0.15, 0.2) is 47.3 Å². The lowest BCUT2D eigenvalue weighted by Crippen LogP contribution is -2.38. The van der Waals surface area contributed by atoms with Gasteiger partial charge in [0.05, 0.1) is 11.0 Å². The molecule has 1 aliphatic heterocycles. The number of rotatable bonds is 4. The van der Waals surface area contributed by atoms with Crippen molar-refractivity contribution in [2.45, 2.75) is 31.7 Å². The van der Waals surface area contributed by atoms with Gasteiger partial charge in [-0.25, -0.2) is 9.97 Å². The van der Waals surface area contributed by atoms with Crippen LogP contribution in [0, 0.1) is 0 Å². The van der Waals surface area contributed by atoms with Crippen molar-refractivity contribution in [2.75, 3.05) is 6.54 Å². The van der Waals surface area contributed by atoms with Crippen LogP contribution in [0.1, 0.15) is 51.4 Å². The number of carbonyl (C=O) groups excluding carboxylic acids is 1. The summed E-state index contributed by atoms with van der Waals surface area (Å²) in [6.45, 7) is 0.786. The van der Waals surface area contributed by atoms with Crippen molar-refractivity contribution in [3.05, 3.63) is 68.6 Å². The van der Waals surface area contributed by atoms with E-state index in [0.717, 1.165) is 42.2 Å². The summed E-state index contributed by atoms with van der Waals surface area (Å²) in [5, 5.41) is 5.90. The molecule has 0 saturated carbocycles. The van der Waals surface area contributed by atoms with Gasteiger partial charge in [0.2, 0.25) is 0 Å². The quantitative estimate of drug-likeness (QED) is 0.677. The molecule has 0 bridgehead atoms. The zero-order valence-electron chi connectivity index (χ0n) is 13.8. The molecule has 1 aliphatic rings. The molecule has 0 N–H and O–H groups in total. The maximum Gasteiger partial charge on any atom is 0.273 e. The molecule has 0 spiro atoms. The van der Waals surface area contributed by atoms with E-state index in [9.17, 15) is 4.79 Å². The predicted molar refractivity (Wildman–Crippen MR) is 101 cm³/mol. The van der Waals surface area contributed by atoms with Gasteiger partial charge in [-0.1, -0.05) is 30.3 Å². The molecule has 4 rings (SSSR count). The number of nitrogens with zero attached hydrogens (tertiary/aromatic N) is 3. The van der Waals surface area contributed by atoms with Crippen molar-refractivity contribution in [3.8, 4) is 0 Å². The van der Waals surface area contributed by atoms with E-state index in [4.69, 9.17) is 0 Å². The molecule has 6 heteroatoms. The first kappa shape index (κ1) is 16.4. The number of piperidine rings is 1. The molecule has 2 aromatic heterocycles. The molecule has 4 nitrogen and oxygen atoms in total. The Bertz CT molecular complexity index is 829. The third-order valence-corrected chi connectivity index (χ3v) is 6.19. The Morgan fingerprint density at radius 1 is 1.20 bits per heavy atom. The van der Waals surface area contributed by atoms with E-state index in [2.05, 4.69) is 22.1 Å². The van der Waals surface area contributed by atoms with Crippen LogP contribution in [0.4, 0.5) is 0 Å². The maximum atomic E-state index is 13.0. The third kappa shape index (κ3) is 3.65. The van der Waals surface area contributed by atoms with Gasteiger partial charge in [0.25, 0.3) is 5.91 Å². The van der Waals surface area contributed by atoms with Gasteiger partial charge in [0, 0.05) is 29.9 Å². The number of hydrogen-bond donors (Lipinski definition) is 0. The first-order valence-corrected chi connectivity index (χ1v) is 10.3. The minimum Gasteiger partial charge on any atom is -0.328 e. The Labute approximate surface area is 155 Å². The van der Waals surface area contributed by atoms with Crippen molar-refractivity contribution in [1.29, 1.82) is 0 Å². The predicted octanol–water partition coefficient (Wildman–Crippen LogP) is 4.56. The molecule has 25 heavy (non-hydrogen) atoms. The van der Waals surface area contributed by atoms with Gasteiger partial charge < -0.3 is 4.90 Å². The van der Waals surface area contributed by atoms with Crippen LogP contribution in [0.5, 0.6) is 0 Å². The SMILES string of the molecule is O=C(c1csc(Cc2ccccc2)n1)N1CCCCC1c1nccs1. The Balaban J connectivity index is 1.52. The molecular weight excluding hydrogens is 350 g/mol. The summed E-state index contributed by atoms with van der Waals surface area (Å²) in [5.74, 6) is 0.0375. The standard InChI is InChI=1S/C19H19N3OS2/c23-19(22-10-5-4-8-16(22)18-20-9-11-24-18)15-13-25-17(21-15)12-14-6-2-1-3-7-14/h1-3,6-7,9,11,13,16H,4-5,8,10,12H2. The first-order valence-electron chi connectivity index (χ1n) is 8.50. The molecule has 1 aromatic carbocycles. The minimum atomic E-state index is 0.0375. The number of hydrogen-bond acceptors (Lipinski definition) is 5. The lowest BCUT2D eigenvalue weighted by atomic mass is 10.0. The fourth-order valence-corrected chi connectivity index (χ4v) is 4.83. The highest BCUT2D eigenvalue weighted by Gasteiger charge is 2.31. The fourth-order valence-electron chi connectivity index (χ4n) is 3.24. The molecule has 1 fully saturated rings. The Morgan fingerprint density at radius 2 is 2.08 bits per heavy atom. The van der Waals surface area contributed by atoms with Gasteiger partial charge in [0.1, 0.15) is 10.7 Å². The topological polar surface area (TPSA) is 46.1 Å². The summed E-state index contributed by atoms with van der Waals surface area (Å²) in [6, 6.07) is 10.3. The van der Waals surface area contributed by atoms with Crippen molar-refractivity contribution in [1.82, 2.24) is 14.9 Å². The van der Waals surface area contributed by atoms with E-state index in [-0.39, 0.29) is 11.9 Å². The highest BCUT2D eigenvalue weighted by Crippen LogP contribution is 2.33. The second-order valence-corrected chi connectivity index (χ2v) is 8.04. The lowest BCUT2D eigenvalue weighted by molar-refractivity contribution is 0.0605. The molecule has 128 valence electrons. The van der Waals surface area contributed by atoms with Crippen molar-refractivity contribution in [3.63, 3.8) is 0 Å². The molecule has 0 aliphatic carbocycles. The maximum absolute atomic E-state index is 13.0. The minimum absolute atomic E-state index is 0.0375. The van der Waals surface area contributed by atoms with Crippen LogP contribution in [0.3, 0.4) is 0 Å². The summed E-state index contributed by atoms with van der Waals surface area (Å²) in [4.78, 5) is 24.0. The second-order valence-electron chi connectivity index (χ2n) is 6.17. The molecule has 1 unspecified atom stereocenters. The van der Waals surface area contributed by atoms with Crippen molar-refractivity contribution < 1.29 is 4.79 Å². The molecule has 1 atom stereocenters. The van der Waals surface area contributed by atoms with Crippen LogP contribution in [0.25, 0.3) is 0 Å². The van der Waals surface area contributed by atoms with Gasteiger partial charge in [-0.3, -0.25) is 4.79 Å². The second kappa shape index (κ2) is 7.45. The molecule has 1 amide bonds. The van der Waals surface area contributed by atoms with Gasteiger partial charge in [-0.05, 0) is 24.8 Å². The van der Waals surface area contributed by atoms with Gasteiger partial charge in [-0.2, -0.15) is 0 Å². The highest BCUT2D eigenvalue weighted by atomic mass is 32.1. The van der Waals surface area contributed by atoms with Gasteiger partial charge in [0.15, 0.2) is 0 Å². The van der Waals surface area contributed by atoms with Crippen LogP contribution in [-0.4, -0.2) is 27.3 Å². The Kier molecular flexibility index (Phi) is 4.90. The van der Waals surface area contributed by atoms with Crippen molar-refractivity contribution in [2.24, 2.45) is 0 Å². The normalized spacial score (nSPS) is 17.6. The average molecular weight is 370 g/mol. The third-order valence-electron chi connectivity index (χ3n) is 4.47. The van der Waals surface area contributed by atoms with Crippen molar-refractivity contribution >= 4 is 28.6 Å². The highest BCUT2D eigenvalue weighted by molar-refractivity contribution is 7.10. The zero-order valence-corrected chi connectivity index (χ0v) is 15.4. The monoisotopic (exact) mass is 369 g/mol. The summed E-state index contributed by atoms with van der Waals surface area (Å²) < 4.78 is 0. The van der Waals surface area contributed by atoms with E-state index in [1.807, 2.05) is 40.1 Å². The molecular formula is C19H19N3OS2. The largest absolute Gasteiger partial charge is 0.328 e. The van der Waals surface area contributed by atoms with Gasteiger partial charge in [-0.15, -0.1) is 22.7 Å². The van der Waals surface area contributed by atoms with Gasteiger partial charge >= 0.3 is 0 Å². The molecule has 3 aromatic rings. The fraction of sp³-hybridized carbons (Fsp3) is 0.316. The number of carbonyl (C=O) groups is 1. The van der Waals surface area contributed by atoms with E-state index >= 15 is 0 Å². The molecule has 0 radical (unpaired) electrons. The first-order chi connectivity index (χ1) is 12.3. The van der Waals surface area contributed by atoms with E-state index in [1.54, 1.807) is 22.7 Å². The molecule has 3 heterocycles. The number of benzene rings is 1. The van der Waals surface area contributed by atoms with E-state index in [1.165, 1.54) is 5.56 Å². The molecule has 1 saturated heterocycles. The van der Waals surface area contributed by atoms with E-state index in [0.29, 0.717) is 5.69 Å². The van der Waals surface area contributed by atoms with Crippen LogP contribution < -0.4 is 0 Å². The summed E-state index contributed by atoms with van der Waals surface area (Å²) in [6.07, 6.45) is 5.77. The average Bonchev–Trinajstić information content (AvgIpc) is 3.34. The number of amides is 1. The number of thiazole rings is 2. The Hall–Kier alpha value is -2.05. The summed E-state index contributed by atoms with van der Waals surface area (Å²) in [7, 11) is 0. The van der Waals surface area contributed by atoms with Crippen LogP contribution in [-0.2, 0) is 6.42 Å². The number of likely N-dealkylation sites (tertiary alicyclic amines) is 1. The number of aromatic nitrogens is 2. The van der Waals surface area contributed by atoms with Crippen LogP contribution in [0.2, 0.25) is 0 Å². The van der Waals surface area contributed by atoms with Crippen LogP contribution >= 0.6 is 22.7 Å². The smallest absolute Gasteiger partial charge is 0.273 e. The Morgan fingerprint density at radius 3 is 2.88 bits per heavy atom. The van der Waals surface area contributed by atoms with E-state index < -0.39 is 0 Å². The summed E-state index contributed by atoms with van der Waals surface area (Å²) >= 11 is 3.19. The lowest BCUT2D eigenvalue weighted by Gasteiger charge is -2.34. The zero-order chi connectivity index (χ0) is 17.1. The summed E-state index contributed by atoms with van der Waals surface area (Å²) in [5.41, 5.74) is 1.79.